The van der Waals surface area contributed by atoms with Crippen LogP contribution in [0.2, 0.25) is 0 Å². The van der Waals surface area contributed by atoms with E-state index in [-0.39, 0.29) is 6.61 Å². The normalized spacial score (nSPS) is 18.3. The lowest BCUT2D eigenvalue weighted by molar-refractivity contribution is -0.125. The average molecular weight is 213 g/mol. The van der Waals surface area contributed by atoms with Crippen molar-refractivity contribution in [3.63, 3.8) is 0 Å². The summed E-state index contributed by atoms with van der Waals surface area (Å²) in [4.78, 5) is 13.9. The highest BCUT2D eigenvalue weighted by Crippen LogP contribution is 2.24. The summed E-state index contributed by atoms with van der Waals surface area (Å²) in [7, 11) is 0. The topological polar surface area (TPSA) is 40.5 Å². The zero-order valence-electron chi connectivity index (χ0n) is 9.74. The Morgan fingerprint density at radius 1 is 1.33 bits per heavy atom. The van der Waals surface area contributed by atoms with E-state index < -0.39 is 0 Å². The molecule has 0 heterocycles. The molecule has 1 aliphatic rings. The Labute approximate surface area is 92.5 Å². The van der Waals surface area contributed by atoms with Gasteiger partial charge in [-0.3, -0.25) is 9.69 Å². The van der Waals surface area contributed by atoms with Crippen molar-refractivity contribution in [2.24, 2.45) is 5.92 Å². The minimum atomic E-state index is 0.145. The Morgan fingerprint density at radius 2 is 2.00 bits per heavy atom. The van der Waals surface area contributed by atoms with Crippen molar-refractivity contribution in [3.05, 3.63) is 0 Å². The van der Waals surface area contributed by atoms with Crippen LogP contribution < -0.4 is 0 Å². The first kappa shape index (κ1) is 12.7. The number of carbonyl (C=O) groups is 1. The fourth-order valence-electron chi connectivity index (χ4n) is 2.26. The lowest BCUT2D eigenvalue weighted by Gasteiger charge is -2.24. The van der Waals surface area contributed by atoms with Gasteiger partial charge in [-0.05, 0) is 19.4 Å². The molecule has 0 saturated heterocycles. The molecule has 1 rings (SSSR count). The molecule has 1 fully saturated rings. The second-order valence-electron chi connectivity index (χ2n) is 4.39. The van der Waals surface area contributed by atoms with Gasteiger partial charge in [-0.25, -0.2) is 0 Å². The standard InChI is InChI=1S/C12H23NO2/c1-2-13(8-9-14)10-12(15)11-6-4-3-5-7-11/h11,14H,2-10H2,1H3. The maximum absolute atomic E-state index is 11.9. The van der Waals surface area contributed by atoms with Gasteiger partial charge in [-0.1, -0.05) is 26.2 Å². The maximum atomic E-state index is 11.9. The van der Waals surface area contributed by atoms with Crippen LogP contribution in [0.4, 0.5) is 0 Å². The van der Waals surface area contributed by atoms with Crippen molar-refractivity contribution in [1.82, 2.24) is 4.90 Å². The molecular formula is C12H23NO2. The second kappa shape index (κ2) is 6.96. The minimum absolute atomic E-state index is 0.145. The zero-order valence-corrected chi connectivity index (χ0v) is 9.74. The molecule has 0 amide bonds. The van der Waals surface area contributed by atoms with Crippen LogP contribution in [-0.2, 0) is 4.79 Å². The highest BCUT2D eigenvalue weighted by molar-refractivity contribution is 5.83. The van der Waals surface area contributed by atoms with E-state index in [9.17, 15) is 4.79 Å². The summed E-state index contributed by atoms with van der Waals surface area (Å²) in [5.41, 5.74) is 0. The third-order valence-corrected chi connectivity index (χ3v) is 3.30. The molecule has 0 atom stereocenters. The quantitative estimate of drug-likeness (QED) is 0.726. The Hall–Kier alpha value is -0.410. The molecule has 0 bridgehead atoms. The molecule has 1 saturated carbocycles. The molecule has 3 heteroatoms. The van der Waals surface area contributed by atoms with E-state index >= 15 is 0 Å². The Kier molecular flexibility index (Phi) is 5.88. The molecule has 0 spiro atoms. The van der Waals surface area contributed by atoms with Gasteiger partial charge >= 0.3 is 0 Å². The Balaban J connectivity index is 2.31. The minimum Gasteiger partial charge on any atom is -0.395 e. The number of aliphatic hydroxyl groups is 1. The van der Waals surface area contributed by atoms with Crippen LogP contribution in [0.5, 0.6) is 0 Å². The van der Waals surface area contributed by atoms with Crippen LogP contribution in [0.15, 0.2) is 0 Å². The van der Waals surface area contributed by atoms with Gasteiger partial charge in [-0.2, -0.15) is 0 Å². The highest BCUT2D eigenvalue weighted by Gasteiger charge is 2.22. The van der Waals surface area contributed by atoms with E-state index in [0.717, 1.165) is 19.4 Å². The number of rotatable bonds is 6. The van der Waals surface area contributed by atoms with Gasteiger partial charge in [0.25, 0.3) is 0 Å². The van der Waals surface area contributed by atoms with Gasteiger partial charge < -0.3 is 5.11 Å². The molecule has 0 radical (unpaired) electrons. The fraction of sp³-hybridized carbons (Fsp3) is 0.917. The average Bonchev–Trinajstić information content (AvgIpc) is 2.29. The molecular weight excluding hydrogens is 190 g/mol. The number of hydrogen-bond donors (Lipinski definition) is 1. The summed E-state index contributed by atoms with van der Waals surface area (Å²) in [6.45, 7) is 4.17. The molecule has 0 aromatic rings. The lowest BCUT2D eigenvalue weighted by Crippen LogP contribution is -2.35. The molecule has 0 aromatic carbocycles. The number of likely N-dealkylation sites (N-methyl/N-ethyl adjacent to an activating group) is 1. The molecule has 15 heavy (non-hydrogen) atoms. The number of carbonyl (C=O) groups excluding carboxylic acids is 1. The molecule has 0 unspecified atom stereocenters. The predicted molar refractivity (Wildman–Crippen MR) is 60.8 cm³/mol. The van der Waals surface area contributed by atoms with E-state index in [1.165, 1.54) is 19.3 Å². The van der Waals surface area contributed by atoms with Gasteiger partial charge in [0, 0.05) is 12.5 Å². The van der Waals surface area contributed by atoms with Gasteiger partial charge in [0.2, 0.25) is 0 Å². The monoisotopic (exact) mass is 213 g/mol. The third kappa shape index (κ3) is 4.31. The van der Waals surface area contributed by atoms with Crippen molar-refractivity contribution < 1.29 is 9.90 Å². The Bertz CT molecular complexity index is 188. The maximum Gasteiger partial charge on any atom is 0.149 e. The molecule has 88 valence electrons. The third-order valence-electron chi connectivity index (χ3n) is 3.30. The van der Waals surface area contributed by atoms with Crippen molar-refractivity contribution in [3.8, 4) is 0 Å². The molecule has 0 aromatic heterocycles. The first-order chi connectivity index (χ1) is 7.27. The number of hydrogen-bond acceptors (Lipinski definition) is 3. The van der Waals surface area contributed by atoms with E-state index in [0.29, 0.717) is 24.8 Å². The number of Topliss-reactive ketones (excluding diaryl/α,β-unsaturated/α-hetero) is 1. The molecule has 3 nitrogen and oxygen atoms in total. The van der Waals surface area contributed by atoms with Crippen LogP contribution >= 0.6 is 0 Å². The second-order valence-corrected chi connectivity index (χ2v) is 4.39. The predicted octanol–water partition coefficient (Wildman–Crippen LogP) is 1.45. The summed E-state index contributed by atoms with van der Waals surface area (Å²) in [6, 6.07) is 0. The summed E-state index contributed by atoms with van der Waals surface area (Å²) >= 11 is 0. The summed E-state index contributed by atoms with van der Waals surface area (Å²) in [5.74, 6) is 0.677. The van der Waals surface area contributed by atoms with Gasteiger partial charge in [0.05, 0.1) is 13.2 Å². The van der Waals surface area contributed by atoms with Crippen molar-refractivity contribution in [2.45, 2.75) is 39.0 Å². The van der Waals surface area contributed by atoms with Crippen LogP contribution in [-0.4, -0.2) is 42.0 Å². The molecule has 1 N–H and O–H groups in total. The first-order valence-corrected chi connectivity index (χ1v) is 6.13. The van der Waals surface area contributed by atoms with Gasteiger partial charge in [-0.15, -0.1) is 0 Å². The largest absolute Gasteiger partial charge is 0.395 e. The van der Waals surface area contributed by atoms with E-state index in [4.69, 9.17) is 5.11 Å². The summed E-state index contributed by atoms with van der Waals surface area (Å²) in [5, 5.41) is 8.84. The highest BCUT2D eigenvalue weighted by atomic mass is 16.3. The van der Waals surface area contributed by atoms with Gasteiger partial charge in [0.15, 0.2) is 0 Å². The van der Waals surface area contributed by atoms with Crippen molar-refractivity contribution >= 4 is 5.78 Å². The number of nitrogens with zero attached hydrogens (tertiary/aromatic N) is 1. The van der Waals surface area contributed by atoms with Crippen molar-refractivity contribution in [2.75, 3.05) is 26.2 Å². The zero-order chi connectivity index (χ0) is 11.1. The first-order valence-electron chi connectivity index (χ1n) is 6.13. The summed E-state index contributed by atoms with van der Waals surface area (Å²) in [6.07, 6.45) is 5.87. The van der Waals surface area contributed by atoms with Crippen LogP contribution in [0.25, 0.3) is 0 Å². The van der Waals surface area contributed by atoms with Crippen LogP contribution in [0.3, 0.4) is 0 Å². The summed E-state index contributed by atoms with van der Waals surface area (Å²) < 4.78 is 0. The number of aliphatic hydroxyl groups excluding tert-OH is 1. The molecule has 1 aliphatic carbocycles. The van der Waals surface area contributed by atoms with E-state index in [1.54, 1.807) is 0 Å². The van der Waals surface area contributed by atoms with Crippen molar-refractivity contribution in [1.29, 1.82) is 0 Å². The van der Waals surface area contributed by atoms with Gasteiger partial charge in [0.1, 0.15) is 5.78 Å². The lowest BCUT2D eigenvalue weighted by atomic mass is 9.86. The van der Waals surface area contributed by atoms with E-state index in [1.807, 2.05) is 11.8 Å². The van der Waals surface area contributed by atoms with Crippen LogP contribution in [0.1, 0.15) is 39.0 Å². The van der Waals surface area contributed by atoms with Crippen LogP contribution in [0, 0.1) is 5.92 Å². The van der Waals surface area contributed by atoms with E-state index in [2.05, 4.69) is 0 Å². The number of ketones is 1. The molecule has 0 aliphatic heterocycles. The Morgan fingerprint density at radius 3 is 2.53 bits per heavy atom. The SMILES string of the molecule is CCN(CCO)CC(=O)C1CCCCC1. The fourth-order valence-corrected chi connectivity index (χ4v) is 2.26. The smallest absolute Gasteiger partial charge is 0.149 e.